The highest BCUT2D eigenvalue weighted by atomic mass is 32.2. The third-order valence-electron chi connectivity index (χ3n) is 4.73. The van der Waals surface area contributed by atoms with E-state index in [1.807, 2.05) is 4.90 Å². The molecule has 1 amide bonds. The molecule has 1 aliphatic rings. The van der Waals surface area contributed by atoms with Gasteiger partial charge in [0.2, 0.25) is 0 Å². The van der Waals surface area contributed by atoms with Crippen molar-refractivity contribution in [2.24, 2.45) is 0 Å². The van der Waals surface area contributed by atoms with Gasteiger partial charge in [-0.15, -0.1) is 11.3 Å². The zero-order valence-electron chi connectivity index (χ0n) is 15.4. The normalized spacial score (nSPS) is 16.7. The molecule has 0 saturated carbocycles. The second kappa shape index (κ2) is 7.60. The van der Waals surface area contributed by atoms with E-state index in [0.29, 0.717) is 48.6 Å². The van der Waals surface area contributed by atoms with Gasteiger partial charge in [-0.3, -0.25) is 9.69 Å². The average molecular weight is 435 g/mol. The number of fused-ring (bicyclic) bond motifs is 1. The van der Waals surface area contributed by atoms with Crippen molar-refractivity contribution in [3.05, 3.63) is 28.3 Å². The predicted octanol–water partition coefficient (Wildman–Crippen LogP) is 2.43. The van der Waals surface area contributed by atoms with E-state index in [9.17, 15) is 26.4 Å². The van der Waals surface area contributed by atoms with E-state index in [1.54, 1.807) is 11.8 Å². The van der Waals surface area contributed by atoms with Crippen molar-refractivity contribution in [3.8, 4) is 0 Å². The summed E-state index contributed by atoms with van der Waals surface area (Å²) in [5.74, 6) is -0.152. The molecular weight excluding hydrogens is 415 g/mol. The lowest BCUT2D eigenvalue weighted by molar-refractivity contribution is -0.140. The molecule has 0 radical (unpaired) electrons. The smallest absolute Gasteiger partial charge is 0.335 e. The van der Waals surface area contributed by atoms with Gasteiger partial charge in [-0.25, -0.2) is 13.4 Å². The van der Waals surface area contributed by atoms with Gasteiger partial charge in [-0.05, 0) is 24.6 Å². The first-order valence-corrected chi connectivity index (χ1v) is 11.5. The summed E-state index contributed by atoms with van der Waals surface area (Å²) in [6, 6.07) is 2.29. The Morgan fingerprint density at radius 1 is 1.21 bits per heavy atom. The second-order valence-electron chi connectivity index (χ2n) is 6.87. The molecule has 11 heteroatoms. The summed E-state index contributed by atoms with van der Waals surface area (Å²) in [4.78, 5) is 20.8. The van der Waals surface area contributed by atoms with E-state index in [-0.39, 0.29) is 16.5 Å². The number of nitrogens with zero attached hydrogens (tertiary/aromatic N) is 3. The van der Waals surface area contributed by atoms with Crippen LogP contribution in [-0.2, 0) is 16.0 Å². The van der Waals surface area contributed by atoms with Crippen LogP contribution >= 0.6 is 11.3 Å². The maximum atomic E-state index is 12.9. The predicted molar refractivity (Wildman–Crippen MR) is 101 cm³/mol. The van der Waals surface area contributed by atoms with Crippen LogP contribution in [0.1, 0.15) is 20.9 Å². The molecule has 28 heavy (non-hydrogen) atoms. The van der Waals surface area contributed by atoms with Crippen LogP contribution in [0.4, 0.5) is 13.2 Å². The van der Waals surface area contributed by atoms with Crippen LogP contribution in [0.3, 0.4) is 0 Å². The second-order valence-corrected chi connectivity index (χ2v) is 10.1. The van der Waals surface area contributed by atoms with E-state index in [1.165, 1.54) is 12.3 Å². The molecule has 1 saturated heterocycles. The Morgan fingerprint density at radius 3 is 2.43 bits per heavy atom. The number of piperazine rings is 1. The summed E-state index contributed by atoms with van der Waals surface area (Å²) < 4.78 is 61.2. The third-order valence-corrected chi connectivity index (χ3v) is 6.84. The standard InChI is InChI=1S/C17H20F3N3O3S2/c1-11-12-3-4-13(17(18,19)20)21-15(12)27-14(11)16(24)23-7-5-22(6-8-23)9-10-28(2,25)26/h3-4H,5-10H2,1-2H3. The number of aryl methyl sites for hydroxylation is 1. The molecule has 2 aromatic rings. The molecule has 0 aromatic carbocycles. The maximum absolute atomic E-state index is 12.9. The number of alkyl halides is 3. The van der Waals surface area contributed by atoms with Gasteiger partial charge in [-0.1, -0.05) is 0 Å². The highest BCUT2D eigenvalue weighted by molar-refractivity contribution is 7.90. The van der Waals surface area contributed by atoms with Crippen LogP contribution in [0, 0.1) is 6.92 Å². The molecule has 1 fully saturated rings. The summed E-state index contributed by atoms with van der Waals surface area (Å²) in [6.45, 7) is 4.13. The molecule has 1 aliphatic heterocycles. The highest BCUT2D eigenvalue weighted by Crippen LogP contribution is 2.34. The van der Waals surface area contributed by atoms with Crippen molar-refractivity contribution >= 4 is 37.3 Å². The first-order chi connectivity index (χ1) is 13.0. The SMILES string of the molecule is Cc1c(C(=O)N2CCN(CCS(C)(=O)=O)CC2)sc2nc(C(F)(F)F)ccc12. The number of rotatable bonds is 4. The fourth-order valence-electron chi connectivity index (χ4n) is 3.07. The number of halogens is 3. The van der Waals surface area contributed by atoms with E-state index in [0.717, 1.165) is 17.4 Å². The maximum Gasteiger partial charge on any atom is 0.433 e. The molecule has 0 spiro atoms. The lowest BCUT2D eigenvalue weighted by Crippen LogP contribution is -2.49. The Hall–Kier alpha value is -1.72. The Bertz CT molecular complexity index is 994. The molecule has 3 rings (SSSR count). The highest BCUT2D eigenvalue weighted by Gasteiger charge is 2.33. The molecule has 2 aromatic heterocycles. The van der Waals surface area contributed by atoms with Crippen molar-refractivity contribution in [1.82, 2.24) is 14.8 Å². The van der Waals surface area contributed by atoms with Crippen molar-refractivity contribution in [1.29, 1.82) is 0 Å². The Balaban J connectivity index is 1.73. The molecule has 0 aliphatic carbocycles. The molecule has 0 unspecified atom stereocenters. The lowest BCUT2D eigenvalue weighted by Gasteiger charge is -2.34. The van der Waals surface area contributed by atoms with Gasteiger partial charge < -0.3 is 4.90 Å². The molecule has 0 N–H and O–H groups in total. The van der Waals surface area contributed by atoms with Gasteiger partial charge >= 0.3 is 6.18 Å². The minimum absolute atomic E-state index is 0.0730. The van der Waals surface area contributed by atoms with E-state index in [2.05, 4.69) is 4.98 Å². The quantitative estimate of drug-likeness (QED) is 0.738. The largest absolute Gasteiger partial charge is 0.433 e. The zero-order valence-corrected chi connectivity index (χ0v) is 17.0. The summed E-state index contributed by atoms with van der Waals surface area (Å²) in [7, 11) is -3.04. The fraction of sp³-hybridized carbons (Fsp3) is 0.529. The van der Waals surface area contributed by atoms with E-state index in [4.69, 9.17) is 0 Å². The van der Waals surface area contributed by atoms with Crippen molar-refractivity contribution in [3.63, 3.8) is 0 Å². The summed E-state index contributed by atoms with van der Waals surface area (Å²) >= 11 is 0.975. The van der Waals surface area contributed by atoms with Crippen molar-refractivity contribution in [2.75, 3.05) is 44.7 Å². The number of amides is 1. The number of thiophene rings is 1. The van der Waals surface area contributed by atoms with Gasteiger partial charge in [0, 0.05) is 44.4 Å². The van der Waals surface area contributed by atoms with Crippen LogP contribution in [0.25, 0.3) is 10.2 Å². The molecule has 0 atom stereocenters. The summed E-state index contributed by atoms with van der Waals surface area (Å²) in [6.07, 6.45) is -3.34. The number of carbonyl (C=O) groups is 1. The van der Waals surface area contributed by atoms with Gasteiger partial charge in [-0.2, -0.15) is 13.2 Å². The van der Waals surface area contributed by atoms with Gasteiger partial charge in [0.25, 0.3) is 5.91 Å². The number of carbonyl (C=O) groups excluding carboxylic acids is 1. The third kappa shape index (κ3) is 4.64. The molecule has 0 bridgehead atoms. The number of hydrogen-bond donors (Lipinski definition) is 0. The minimum atomic E-state index is -4.53. The summed E-state index contributed by atoms with van der Waals surface area (Å²) in [5, 5.41) is 0.549. The van der Waals surface area contributed by atoms with Crippen LogP contribution in [0.5, 0.6) is 0 Å². The van der Waals surface area contributed by atoms with Crippen molar-refractivity contribution in [2.45, 2.75) is 13.1 Å². The van der Waals surface area contributed by atoms with Crippen LogP contribution < -0.4 is 0 Å². The molecule has 3 heterocycles. The average Bonchev–Trinajstić information content (AvgIpc) is 2.95. The molecular formula is C17H20F3N3O3S2. The van der Waals surface area contributed by atoms with Crippen LogP contribution in [0.15, 0.2) is 12.1 Å². The number of aromatic nitrogens is 1. The van der Waals surface area contributed by atoms with Gasteiger partial charge in [0.05, 0.1) is 10.6 Å². The number of sulfone groups is 1. The molecule has 154 valence electrons. The number of pyridine rings is 1. The first-order valence-electron chi connectivity index (χ1n) is 8.62. The topological polar surface area (TPSA) is 70.6 Å². The van der Waals surface area contributed by atoms with E-state index >= 15 is 0 Å². The summed E-state index contributed by atoms with van der Waals surface area (Å²) in [5.41, 5.74) is -0.342. The van der Waals surface area contributed by atoms with Crippen molar-refractivity contribution < 1.29 is 26.4 Å². The van der Waals surface area contributed by atoms with Crippen LogP contribution in [0.2, 0.25) is 0 Å². The Labute approximate surface area is 164 Å². The monoisotopic (exact) mass is 435 g/mol. The Kier molecular flexibility index (Phi) is 5.70. The number of hydrogen-bond acceptors (Lipinski definition) is 6. The van der Waals surface area contributed by atoms with Gasteiger partial charge in [0.1, 0.15) is 20.4 Å². The Morgan fingerprint density at radius 2 is 1.86 bits per heavy atom. The van der Waals surface area contributed by atoms with E-state index < -0.39 is 21.7 Å². The minimum Gasteiger partial charge on any atom is -0.335 e. The lowest BCUT2D eigenvalue weighted by atomic mass is 10.1. The fourth-order valence-corrected chi connectivity index (χ4v) is 4.81. The first kappa shape index (κ1) is 21.0. The molecule has 6 nitrogen and oxygen atoms in total. The van der Waals surface area contributed by atoms with Gasteiger partial charge in [0.15, 0.2) is 0 Å². The van der Waals surface area contributed by atoms with Crippen LogP contribution in [-0.4, -0.2) is 73.8 Å². The zero-order chi connectivity index (χ0) is 20.7.